The van der Waals surface area contributed by atoms with Crippen molar-refractivity contribution in [3.63, 3.8) is 0 Å². The highest BCUT2D eigenvalue weighted by atomic mass is 16.3. The van der Waals surface area contributed by atoms with Crippen molar-refractivity contribution in [1.82, 2.24) is 15.1 Å². The van der Waals surface area contributed by atoms with Gasteiger partial charge in [-0.3, -0.25) is 4.68 Å². The van der Waals surface area contributed by atoms with Gasteiger partial charge in [-0.05, 0) is 13.8 Å². The zero-order valence-electron chi connectivity index (χ0n) is 9.44. The van der Waals surface area contributed by atoms with Crippen molar-refractivity contribution in [2.75, 3.05) is 13.2 Å². The third kappa shape index (κ3) is 3.02. The number of aliphatic hydroxyl groups excluding tert-OH is 2. The summed E-state index contributed by atoms with van der Waals surface area (Å²) < 4.78 is 1.72. The average molecular weight is 213 g/mol. The molecule has 5 nitrogen and oxygen atoms in total. The summed E-state index contributed by atoms with van der Waals surface area (Å²) in [7, 11) is 1.85. The van der Waals surface area contributed by atoms with Crippen molar-refractivity contribution in [3.05, 3.63) is 18.0 Å². The number of hydrogen-bond donors (Lipinski definition) is 3. The molecule has 0 saturated carbocycles. The van der Waals surface area contributed by atoms with E-state index in [-0.39, 0.29) is 19.3 Å². The van der Waals surface area contributed by atoms with Gasteiger partial charge in [0.15, 0.2) is 0 Å². The minimum Gasteiger partial charge on any atom is -0.394 e. The standard InChI is InChI=1S/C10H19N3O2/c1-8(9-4-11-13(3)5-9)12-10(2,6-14)7-15/h4-5,8,12,14-15H,6-7H2,1-3H3. The Morgan fingerprint density at radius 1 is 1.53 bits per heavy atom. The number of aryl methyl sites for hydroxylation is 1. The van der Waals surface area contributed by atoms with Crippen LogP contribution in [0.1, 0.15) is 25.5 Å². The molecule has 1 aromatic heterocycles. The topological polar surface area (TPSA) is 70.3 Å². The fraction of sp³-hybridized carbons (Fsp3) is 0.700. The van der Waals surface area contributed by atoms with E-state index >= 15 is 0 Å². The van der Waals surface area contributed by atoms with Crippen LogP contribution in [0.2, 0.25) is 0 Å². The summed E-state index contributed by atoms with van der Waals surface area (Å²) in [4.78, 5) is 0. The van der Waals surface area contributed by atoms with Crippen LogP contribution in [0.25, 0.3) is 0 Å². The molecule has 0 aliphatic heterocycles. The summed E-state index contributed by atoms with van der Waals surface area (Å²) in [5.74, 6) is 0. The van der Waals surface area contributed by atoms with Gasteiger partial charge < -0.3 is 15.5 Å². The maximum absolute atomic E-state index is 9.14. The zero-order valence-corrected chi connectivity index (χ0v) is 9.44. The Labute approximate surface area is 89.7 Å². The molecule has 1 atom stereocenters. The van der Waals surface area contributed by atoms with E-state index in [4.69, 9.17) is 10.2 Å². The molecule has 0 spiro atoms. The Hall–Kier alpha value is -0.910. The fourth-order valence-electron chi connectivity index (χ4n) is 1.41. The van der Waals surface area contributed by atoms with Crippen LogP contribution in [0.4, 0.5) is 0 Å². The van der Waals surface area contributed by atoms with Crippen molar-refractivity contribution in [3.8, 4) is 0 Å². The van der Waals surface area contributed by atoms with E-state index in [9.17, 15) is 0 Å². The Balaban J connectivity index is 2.66. The van der Waals surface area contributed by atoms with E-state index in [0.29, 0.717) is 0 Å². The summed E-state index contributed by atoms with van der Waals surface area (Å²) in [6.07, 6.45) is 3.68. The number of nitrogens with one attached hydrogen (secondary N) is 1. The average Bonchev–Trinajstić information content (AvgIpc) is 2.65. The van der Waals surface area contributed by atoms with Crippen molar-refractivity contribution in [2.45, 2.75) is 25.4 Å². The second-order valence-corrected chi connectivity index (χ2v) is 4.19. The summed E-state index contributed by atoms with van der Waals surface area (Å²) in [5.41, 5.74) is 0.376. The highest BCUT2D eigenvalue weighted by molar-refractivity contribution is 5.10. The number of hydrogen-bond acceptors (Lipinski definition) is 4. The predicted molar refractivity (Wildman–Crippen MR) is 57.3 cm³/mol. The van der Waals surface area contributed by atoms with Crippen LogP contribution in [0.3, 0.4) is 0 Å². The van der Waals surface area contributed by atoms with Gasteiger partial charge in [0, 0.05) is 24.8 Å². The number of nitrogens with zero attached hydrogens (tertiary/aromatic N) is 2. The molecule has 0 fully saturated rings. The second kappa shape index (κ2) is 4.74. The molecule has 0 radical (unpaired) electrons. The highest BCUT2D eigenvalue weighted by Gasteiger charge is 2.24. The van der Waals surface area contributed by atoms with Gasteiger partial charge in [-0.2, -0.15) is 5.10 Å². The molecule has 0 aliphatic carbocycles. The van der Waals surface area contributed by atoms with Crippen LogP contribution in [0.15, 0.2) is 12.4 Å². The first-order chi connectivity index (χ1) is 7.00. The van der Waals surface area contributed by atoms with Crippen LogP contribution in [-0.4, -0.2) is 38.7 Å². The molecule has 3 N–H and O–H groups in total. The fourth-order valence-corrected chi connectivity index (χ4v) is 1.41. The molecule has 0 amide bonds. The second-order valence-electron chi connectivity index (χ2n) is 4.19. The molecule has 1 unspecified atom stereocenters. The van der Waals surface area contributed by atoms with Crippen LogP contribution in [-0.2, 0) is 7.05 Å². The molecular weight excluding hydrogens is 194 g/mol. The summed E-state index contributed by atoms with van der Waals surface area (Å²) >= 11 is 0. The molecule has 1 heterocycles. The van der Waals surface area contributed by atoms with Gasteiger partial charge in [0.2, 0.25) is 0 Å². The zero-order chi connectivity index (χ0) is 11.5. The third-order valence-corrected chi connectivity index (χ3v) is 2.49. The number of aliphatic hydroxyl groups is 2. The normalized spacial score (nSPS) is 14.2. The third-order valence-electron chi connectivity index (χ3n) is 2.49. The summed E-state index contributed by atoms with van der Waals surface area (Å²) in [6, 6.07) is 0.0444. The van der Waals surface area contributed by atoms with Crippen molar-refractivity contribution in [1.29, 1.82) is 0 Å². The van der Waals surface area contributed by atoms with Crippen molar-refractivity contribution < 1.29 is 10.2 Å². The van der Waals surface area contributed by atoms with E-state index in [0.717, 1.165) is 5.56 Å². The van der Waals surface area contributed by atoms with E-state index < -0.39 is 5.54 Å². The highest BCUT2D eigenvalue weighted by Crippen LogP contribution is 2.15. The molecule has 0 bridgehead atoms. The molecule has 0 saturated heterocycles. The van der Waals surface area contributed by atoms with Gasteiger partial charge in [-0.15, -0.1) is 0 Å². The molecule has 86 valence electrons. The lowest BCUT2D eigenvalue weighted by Crippen LogP contribution is -2.49. The van der Waals surface area contributed by atoms with Crippen LogP contribution in [0.5, 0.6) is 0 Å². The van der Waals surface area contributed by atoms with E-state index in [1.807, 2.05) is 20.2 Å². The first-order valence-corrected chi connectivity index (χ1v) is 4.99. The number of rotatable bonds is 5. The molecule has 1 aromatic rings. The number of aromatic nitrogens is 2. The van der Waals surface area contributed by atoms with E-state index in [1.54, 1.807) is 17.8 Å². The first kappa shape index (κ1) is 12.2. The Morgan fingerprint density at radius 2 is 2.13 bits per heavy atom. The molecular formula is C10H19N3O2. The van der Waals surface area contributed by atoms with Crippen LogP contribution >= 0.6 is 0 Å². The van der Waals surface area contributed by atoms with Crippen LogP contribution in [0, 0.1) is 0 Å². The predicted octanol–water partition coefficient (Wildman–Crippen LogP) is -0.186. The van der Waals surface area contributed by atoms with Crippen molar-refractivity contribution >= 4 is 0 Å². The van der Waals surface area contributed by atoms with Gasteiger partial charge in [0.1, 0.15) is 0 Å². The lowest BCUT2D eigenvalue weighted by atomic mass is 10.0. The van der Waals surface area contributed by atoms with E-state index in [2.05, 4.69) is 10.4 Å². The Bertz CT molecular complexity index is 307. The minimum absolute atomic E-state index is 0.0444. The molecule has 5 heteroatoms. The maximum Gasteiger partial charge on any atom is 0.0633 e. The largest absolute Gasteiger partial charge is 0.394 e. The molecule has 0 aliphatic rings. The minimum atomic E-state index is -0.657. The van der Waals surface area contributed by atoms with Crippen LogP contribution < -0.4 is 5.32 Å². The lowest BCUT2D eigenvalue weighted by Gasteiger charge is -2.29. The van der Waals surface area contributed by atoms with E-state index in [1.165, 1.54) is 0 Å². The first-order valence-electron chi connectivity index (χ1n) is 4.99. The Kier molecular flexibility index (Phi) is 3.84. The van der Waals surface area contributed by atoms with Gasteiger partial charge in [-0.25, -0.2) is 0 Å². The van der Waals surface area contributed by atoms with Crippen molar-refractivity contribution in [2.24, 2.45) is 7.05 Å². The van der Waals surface area contributed by atoms with Gasteiger partial charge in [0.05, 0.1) is 24.9 Å². The quantitative estimate of drug-likeness (QED) is 0.634. The van der Waals surface area contributed by atoms with Gasteiger partial charge >= 0.3 is 0 Å². The summed E-state index contributed by atoms with van der Waals surface area (Å²) in [5, 5.41) is 25.5. The Morgan fingerprint density at radius 3 is 2.53 bits per heavy atom. The molecule has 1 rings (SSSR count). The maximum atomic E-state index is 9.14. The summed E-state index contributed by atoms with van der Waals surface area (Å²) in [6.45, 7) is 3.54. The van der Waals surface area contributed by atoms with Gasteiger partial charge in [-0.1, -0.05) is 0 Å². The molecule has 15 heavy (non-hydrogen) atoms. The smallest absolute Gasteiger partial charge is 0.0633 e. The monoisotopic (exact) mass is 213 g/mol. The molecule has 0 aromatic carbocycles. The SMILES string of the molecule is CC(NC(C)(CO)CO)c1cnn(C)c1. The lowest BCUT2D eigenvalue weighted by molar-refractivity contribution is 0.0957. The van der Waals surface area contributed by atoms with Gasteiger partial charge in [0.25, 0.3) is 0 Å².